The van der Waals surface area contributed by atoms with E-state index < -0.39 is 0 Å². The minimum Gasteiger partial charge on any atom is -0.335 e. The molecule has 0 bridgehead atoms. The molecular formula is C20H32N4O. The first-order valence-electron chi connectivity index (χ1n) is 9.94. The van der Waals surface area contributed by atoms with Crippen LogP contribution in [0.15, 0.2) is 24.5 Å². The number of nitrogens with one attached hydrogen (secondary N) is 1. The molecule has 0 aromatic carbocycles. The van der Waals surface area contributed by atoms with Crippen molar-refractivity contribution in [1.82, 2.24) is 20.1 Å². The quantitative estimate of drug-likeness (QED) is 0.890. The molecule has 2 aliphatic rings. The van der Waals surface area contributed by atoms with E-state index in [2.05, 4.69) is 34.3 Å². The number of hydrogen-bond donors (Lipinski definition) is 1. The molecule has 0 radical (unpaired) electrons. The largest absolute Gasteiger partial charge is 0.335 e. The maximum atomic E-state index is 12.7. The van der Waals surface area contributed by atoms with Crippen LogP contribution in [0.3, 0.4) is 0 Å². The molecule has 138 valence electrons. The summed E-state index contributed by atoms with van der Waals surface area (Å²) in [5, 5.41) is 3.28. The van der Waals surface area contributed by atoms with E-state index in [-0.39, 0.29) is 6.03 Å². The SMILES string of the molecule is CCN(Cc1ccncc1)C1CCCN(C(=O)NC2CCCCC2)C1. The van der Waals surface area contributed by atoms with Gasteiger partial charge in [-0.15, -0.1) is 0 Å². The maximum absolute atomic E-state index is 12.7. The number of carbonyl (C=O) groups is 1. The number of piperidine rings is 1. The number of pyridine rings is 1. The third-order valence-electron chi connectivity index (χ3n) is 5.67. The zero-order valence-electron chi connectivity index (χ0n) is 15.5. The van der Waals surface area contributed by atoms with Gasteiger partial charge in [-0.1, -0.05) is 26.2 Å². The highest BCUT2D eigenvalue weighted by molar-refractivity contribution is 5.74. The number of carbonyl (C=O) groups excluding carboxylic acids is 1. The Labute approximate surface area is 151 Å². The van der Waals surface area contributed by atoms with Gasteiger partial charge in [0, 0.05) is 44.1 Å². The molecule has 1 unspecified atom stereocenters. The average molecular weight is 345 g/mol. The molecule has 5 heteroatoms. The van der Waals surface area contributed by atoms with Crippen molar-refractivity contribution in [3.63, 3.8) is 0 Å². The molecule has 1 atom stereocenters. The first kappa shape index (κ1) is 18.2. The van der Waals surface area contributed by atoms with Crippen molar-refractivity contribution in [2.24, 2.45) is 0 Å². The zero-order chi connectivity index (χ0) is 17.5. The summed E-state index contributed by atoms with van der Waals surface area (Å²) in [5.41, 5.74) is 1.29. The fourth-order valence-corrected chi connectivity index (χ4v) is 4.17. The molecule has 1 aromatic rings. The Hall–Kier alpha value is -1.62. The summed E-state index contributed by atoms with van der Waals surface area (Å²) in [6, 6.07) is 5.15. The maximum Gasteiger partial charge on any atom is 0.317 e. The van der Waals surface area contributed by atoms with Crippen molar-refractivity contribution in [2.75, 3.05) is 19.6 Å². The number of amides is 2. The number of likely N-dealkylation sites (N-methyl/N-ethyl adjacent to an activating group) is 1. The fraction of sp³-hybridized carbons (Fsp3) is 0.700. The smallest absolute Gasteiger partial charge is 0.317 e. The summed E-state index contributed by atoms with van der Waals surface area (Å²) in [7, 11) is 0. The van der Waals surface area contributed by atoms with E-state index in [1.807, 2.05) is 17.3 Å². The third-order valence-corrected chi connectivity index (χ3v) is 5.67. The van der Waals surface area contributed by atoms with Crippen LogP contribution in [0.5, 0.6) is 0 Å². The molecular weight excluding hydrogens is 312 g/mol. The second-order valence-electron chi connectivity index (χ2n) is 7.45. The number of nitrogens with zero attached hydrogens (tertiary/aromatic N) is 3. The fourth-order valence-electron chi connectivity index (χ4n) is 4.17. The Bertz CT molecular complexity index is 530. The second-order valence-corrected chi connectivity index (χ2v) is 7.45. The molecule has 2 fully saturated rings. The van der Waals surface area contributed by atoms with Gasteiger partial charge in [0.15, 0.2) is 0 Å². The summed E-state index contributed by atoms with van der Waals surface area (Å²) >= 11 is 0. The molecule has 1 N–H and O–H groups in total. The van der Waals surface area contributed by atoms with Crippen LogP contribution in [0, 0.1) is 0 Å². The van der Waals surface area contributed by atoms with Gasteiger partial charge in [0.05, 0.1) is 0 Å². The van der Waals surface area contributed by atoms with E-state index in [9.17, 15) is 4.79 Å². The average Bonchev–Trinajstić information content (AvgIpc) is 2.68. The summed E-state index contributed by atoms with van der Waals surface area (Å²) in [4.78, 5) is 21.3. The van der Waals surface area contributed by atoms with Gasteiger partial charge in [0.25, 0.3) is 0 Å². The first-order chi connectivity index (χ1) is 12.3. The molecule has 3 rings (SSSR count). The van der Waals surface area contributed by atoms with Gasteiger partial charge in [-0.25, -0.2) is 4.79 Å². The number of aromatic nitrogens is 1. The number of rotatable bonds is 5. The third kappa shape index (κ3) is 5.18. The van der Waals surface area contributed by atoms with Crippen molar-refractivity contribution in [3.8, 4) is 0 Å². The highest BCUT2D eigenvalue weighted by Crippen LogP contribution is 2.20. The predicted molar refractivity (Wildman–Crippen MR) is 100 cm³/mol. The predicted octanol–water partition coefficient (Wildman–Crippen LogP) is 3.41. The van der Waals surface area contributed by atoms with E-state index >= 15 is 0 Å². The van der Waals surface area contributed by atoms with Crippen LogP contribution < -0.4 is 5.32 Å². The van der Waals surface area contributed by atoms with E-state index in [1.165, 1.54) is 31.2 Å². The first-order valence-corrected chi connectivity index (χ1v) is 9.94. The van der Waals surface area contributed by atoms with E-state index in [0.717, 1.165) is 45.4 Å². The van der Waals surface area contributed by atoms with E-state index in [0.29, 0.717) is 12.1 Å². The second kappa shape index (κ2) is 9.18. The van der Waals surface area contributed by atoms with Crippen LogP contribution in [-0.4, -0.2) is 52.5 Å². The van der Waals surface area contributed by atoms with Crippen LogP contribution in [0.4, 0.5) is 4.79 Å². The summed E-state index contributed by atoms with van der Waals surface area (Å²) < 4.78 is 0. The number of hydrogen-bond acceptors (Lipinski definition) is 3. The molecule has 2 amide bonds. The molecule has 25 heavy (non-hydrogen) atoms. The summed E-state index contributed by atoms with van der Waals surface area (Å²) in [5.74, 6) is 0. The van der Waals surface area contributed by atoms with Crippen molar-refractivity contribution in [2.45, 2.75) is 70.5 Å². The van der Waals surface area contributed by atoms with Gasteiger partial charge in [0.2, 0.25) is 0 Å². The molecule has 1 saturated heterocycles. The molecule has 0 spiro atoms. The number of likely N-dealkylation sites (tertiary alicyclic amines) is 1. The Balaban J connectivity index is 1.54. The highest BCUT2D eigenvalue weighted by Gasteiger charge is 2.28. The Morgan fingerprint density at radius 1 is 1.20 bits per heavy atom. The molecule has 1 saturated carbocycles. The molecule has 1 aliphatic carbocycles. The topological polar surface area (TPSA) is 48.5 Å². The lowest BCUT2D eigenvalue weighted by Crippen LogP contribution is -2.53. The van der Waals surface area contributed by atoms with Crippen LogP contribution in [-0.2, 0) is 6.54 Å². The van der Waals surface area contributed by atoms with Gasteiger partial charge in [-0.3, -0.25) is 9.88 Å². The van der Waals surface area contributed by atoms with Gasteiger partial charge in [-0.05, 0) is 49.9 Å². The van der Waals surface area contributed by atoms with Crippen molar-refractivity contribution in [1.29, 1.82) is 0 Å². The lowest BCUT2D eigenvalue weighted by molar-refractivity contribution is 0.105. The summed E-state index contributed by atoms with van der Waals surface area (Å²) in [6.45, 7) is 5.88. The Kier molecular flexibility index (Phi) is 6.68. The Morgan fingerprint density at radius 3 is 2.68 bits per heavy atom. The van der Waals surface area contributed by atoms with Crippen LogP contribution in [0.25, 0.3) is 0 Å². The van der Waals surface area contributed by atoms with E-state index in [4.69, 9.17) is 0 Å². The molecule has 5 nitrogen and oxygen atoms in total. The van der Waals surface area contributed by atoms with Crippen molar-refractivity contribution >= 4 is 6.03 Å². The Morgan fingerprint density at radius 2 is 1.96 bits per heavy atom. The summed E-state index contributed by atoms with van der Waals surface area (Å²) in [6.07, 6.45) is 12.1. The monoisotopic (exact) mass is 344 g/mol. The number of urea groups is 1. The minimum atomic E-state index is 0.150. The van der Waals surface area contributed by atoms with Crippen molar-refractivity contribution < 1.29 is 4.79 Å². The molecule has 1 aliphatic heterocycles. The highest BCUT2D eigenvalue weighted by atomic mass is 16.2. The lowest BCUT2D eigenvalue weighted by atomic mass is 9.95. The van der Waals surface area contributed by atoms with Crippen LogP contribution >= 0.6 is 0 Å². The molecule has 1 aromatic heterocycles. The van der Waals surface area contributed by atoms with E-state index in [1.54, 1.807) is 0 Å². The minimum absolute atomic E-state index is 0.150. The van der Waals surface area contributed by atoms with Crippen molar-refractivity contribution in [3.05, 3.63) is 30.1 Å². The lowest BCUT2D eigenvalue weighted by Gasteiger charge is -2.39. The van der Waals surface area contributed by atoms with Gasteiger partial charge >= 0.3 is 6.03 Å². The normalized spacial score (nSPS) is 22.2. The van der Waals surface area contributed by atoms with Gasteiger partial charge in [0.1, 0.15) is 0 Å². The molecule has 2 heterocycles. The van der Waals surface area contributed by atoms with Crippen LogP contribution in [0.1, 0.15) is 57.4 Å². The standard InChI is InChI=1S/C20H32N4O/c1-2-23(15-17-10-12-21-13-11-17)19-9-6-14-24(16-19)20(25)22-18-7-4-3-5-8-18/h10-13,18-19H,2-9,14-16H2,1H3,(H,22,25). The zero-order valence-corrected chi connectivity index (χ0v) is 15.5. The van der Waals surface area contributed by atoms with Crippen LogP contribution in [0.2, 0.25) is 0 Å². The van der Waals surface area contributed by atoms with Gasteiger partial charge < -0.3 is 10.2 Å². The van der Waals surface area contributed by atoms with Gasteiger partial charge in [-0.2, -0.15) is 0 Å².